The van der Waals surface area contributed by atoms with Crippen molar-refractivity contribution in [1.82, 2.24) is 9.97 Å². The molecule has 1 N–H and O–H groups in total. The number of anilines is 1. The summed E-state index contributed by atoms with van der Waals surface area (Å²) in [4.78, 5) is 20.5. The van der Waals surface area contributed by atoms with Gasteiger partial charge in [0.05, 0.1) is 18.1 Å². The van der Waals surface area contributed by atoms with Crippen molar-refractivity contribution in [1.29, 1.82) is 5.26 Å². The molecule has 0 fully saturated rings. The molecule has 7 heteroatoms. The predicted octanol–water partition coefficient (Wildman–Crippen LogP) is 3.09. The van der Waals surface area contributed by atoms with Crippen molar-refractivity contribution in [2.24, 2.45) is 0 Å². The number of nitrogens with zero attached hydrogens (tertiary/aromatic N) is 3. The number of thioether (sulfide) groups is 1. The smallest absolute Gasteiger partial charge is 0.234 e. The minimum atomic E-state index is -0.165. The number of benzene rings is 1. The van der Waals surface area contributed by atoms with Gasteiger partial charge in [-0.3, -0.25) is 4.79 Å². The van der Waals surface area contributed by atoms with E-state index in [0.29, 0.717) is 34.4 Å². The van der Waals surface area contributed by atoms with E-state index in [2.05, 4.69) is 21.4 Å². The van der Waals surface area contributed by atoms with E-state index in [0.717, 1.165) is 5.75 Å². The van der Waals surface area contributed by atoms with E-state index in [1.165, 1.54) is 11.8 Å². The Morgan fingerprint density at radius 2 is 2.00 bits per heavy atom. The Bertz CT molecular complexity index is 769. The van der Waals surface area contributed by atoms with Crippen LogP contribution in [-0.4, -0.2) is 28.2 Å². The Morgan fingerprint density at radius 3 is 2.62 bits per heavy atom. The van der Waals surface area contributed by atoms with Crippen molar-refractivity contribution >= 4 is 23.4 Å². The number of nitriles is 1. The molecule has 0 aliphatic carbocycles. The topological polar surface area (TPSA) is 87.9 Å². The molecule has 2 rings (SSSR count). The molecule has 0 unspecified atom stereocenters. The number of amides is 1. The van der Waals surface area contributed by atoms with Crippen LogP contribution in [0.15, 0.2) is 29.3 Å². The highest BCUT2D eigenvalue weighted by Gasteiger charge is 2.12. The summed E-state index contributed by atoms with van der Waals surface area (Å²) in [7, 11) is 0. The summed E-state index contributed by atoms with van der Waals surface area (Å²) in [6.07, 6.45) is 0. The molecule has 0 saturated heterocycles. The van der Waals surface area contributed by atoms with Crippen LogP contribution in [0.2, 0.25) is 0 Å². The molecule has 0 aliphatic rings. The van der Waals surface area contributed by atoms with Crippen molar-refractivity contribution in [3.8, 4) is 11.8 Å². The number of aryl methyl sites for hydroxylation is 2. The van der Waals surface area contributed by atoms with Gasteiger partial charge in [-0.15, -0.1) is 0 Å². The molecule has 0 bridgehead atoms. The van der Waals surface area contributed by atoms with E-state index >= 15 is 0 Å². The van der Waals surface area contributed by atoms with E-state index in [4.69, 9.17) is 4.74 Å². The third kappa shape index (κ3) is 4.70. The molecule has 1 amide bonds. The van der Waals surface area contributed by atoms with E-state index in [1.54, 1.807) is 38.1 Å². The SMILES string of the molecule is CCOc1ccc(NC(=O)CSc2nc(C)nc(C)c2C#N)cc1. The average molecular weight is 342 g/mol. The number of hydrogen-bond acceptors (Lipinski definition) is 6. The molecule has 0 radical (unpaired) electrons. The van der Waals surface area contributed by atoms with Crippen molar-refractivity contribution < 1.29 is 9.53 Å². The molecule has 6 nitrogen and oxygen atoms in total. The monoisotopic (exact) mass is 342 g/mol. The molecule has 0 saturated carbocycles. The van der Waals surface area contributed by atoms with E-state index in [1.807, 2.05) is 6.92 Å². The van der Waals surface area contributed by atoms with Crippen LogP contribution in [0.1, 0.15) is 24.0 Å². The first-order valence-electron chi connectivity index (χ1n) is 7.44. The second-order valence-corrected chi connectivity index (χ2v) is 5.91. The van der Waals surface area contributed by atoms with Crippen molar-refractivity contribution in [2.45, 2.75) is 25.8 Å². The predicted molar refractivity (Wildman–Crippen MR) is 93.2 cm³/mol. The van der Waals surface area contributed by atoms with Crippen LogP contribution in [0.4, 0.5) is 5.69 Å². The second kappa shape index (κ2) is 8.31. The molecular weight excluding hydrogens is 324 g/mol. The Kier molecular flexibility index (Phi) is 6.15. The first-order chi connectivity index (χ1) is 11.5. The Balaban J connectivity index is 1.97. The van der Waals surface area contributed by atoms with Crippen LogP contribution < -0.4 is 10.1 Å². The molecule has 1 aromatic heterocycles. The molecule has 0 aliphatic heterocycles. The van der Waals surface area contributed by atoms with E-state index in [9.17, 15) is 10.1 Å². The summed E-state index contributed by atoms with van der Waals surface area (Å²) in [6.45, 7) is 6.04. The third-order valence-electron chi connectivity index (χ3n) is 3.07. The van der Waals surface area contributed by atoms with Gasteiger partial charge in [-0.1, -0.05) is 11.8 Å². The highest BCUT2D eigenvalue weighted by atomic mass is 32.2. The fourth-order valence-electron chi connectivity index (χ4n) is 2.05. The second-order valence-electron chi connectivity index (χ2n) is 4.94. The summed E-state index contributed by atoms with van der Waals surface area (Å²) in [5, 5.41) is 12.5. The number of nitrogens with one attached hydrogen (secondary N) is 1. The minimum Gasteiger partial charge on any atom is -0.494 e. The first-order valence-corrected chi connectivity index (χ1v) is 8.43. The van der Waals surface area contributed by atoms with Crippen molar-refractivity contribution in [3.63, 3.8) is 0 Å². The normalized spacial score (nSPS) is 10.1. The molecule has 0 spiro atoms. The largest absolute Gasteiger partial charge is 0.494 e. The van der Waals surface area contributed by atoms with Gasteiger partial charge in [0.2, 0.25) is 5.91 Å². The van der Waals surface area contributed by atoms with Crippen LogP contribution in [0.5, 0.6) is 5.75 Å². The molecular formula is C17H18N4O2S. The molecule has 0 atom stereocenters. The number of carbonyl (C=O) groups is 1. The maximum Gasteiger partial charge on any atom is 0.234 e. The van der Waals surface area contributed by atoms with Crippen molar-refractivity contribution in [3.05, 3.63) is 41.3 Å². The van der Waals surface area contributed by atoms with Gasteiger partial charge in [-0.2, -0.15) is 5.26 Å². The fourth-order valence-corrected chi connectivity index (χ4v) is 2.92. The minimum absolute atomic E-state index is 0.164. The Morgan fingerprint density at radius 1 is 1.29 bits per heavy atom. The van der Waals surface area contributed by atoms with Gasteiger partial charge in [-0.05, 0) is 45.0 Å². The quantitative estimate of drug-likeness (QED) is 0.641. The lowest BCUT2D eigenvalue weighted by molar-refractivity contribution is -0.113. The zero-order valence-corrected chi connectivity index (χ0v) is 14.6. The molecule has 2 aromatic rings. The number of carbonyl (C=O) groups excluding carboxylic acids is 1. The summed E-state index contributed by atoms with van der Waals surface area (Å²) >= 11 is 1.23. The van der Waals surface area contributed by atoms with Crippen LogP contribution in [0.25, 0.3) is 0 Å². The lowest BCUT2D eigenvalue weighted by Crippen LogP contribution is -2.14. The fraction of sp³-hybridized carbons (Fsp3) is 0.294. The molecule has 124 valence electrons. The summed E-state index contributed by atoms with van der Waals surface area (Å²) in [6, 6.07) is 9.27. The van der Waals surface area contributed by atoms with Gasteiger partial charge < -0.3 is 10.1 Å². The molecule has 1 heterocycles. The number of rotatable bonds is 6. The third-order valence-corrected chi connectivity index (χ3v) is 4.04. The van der Waals surface area contributed by atoms with Gasteiger partial charge in [0, 0.05) is 5.69 Å². The van der Waals surface area contributed by atoms with Crippen LogP contribution >= 0.6 is 11.8 Å². The van der Waals surface area contributed by atoms with Crippen molar-refractivity contribution in [2.75, 3.05) is 17.7 Å². The standard InChI is InChI=1S/C17H18N4O2S/c1-4-23-14-7-5-13(6-8-14)21-16(22)10-24-17-15(9-18)11(2)19-12(3)20-17/h5-8H,4,10H2,1-3H3,(H,21,22). The Labute approximate surface area is 145 Å². The van der Waals surface area contributed by atoms with Gasteiger partial charge in [0.25, 0.3) is 0 Å². The van der Waals surface area contributed by atoms with Crippen LogP contribution in [-0.2, 0) is 4.79 Å². The van der Waals surface area contributed by atoms with Gasteiger partial charge in [0.1, 0.15) is 28.2 Å². The first kappa shape index (κ1) is 17.8. The number of ether oxygens (including phenoxy) is 1. The average Bonchev–Trinajstić information content (AvgIpc) is 2.54. The zero-order valence-electron chi connectivity index (χ0n) is 13.8. The maximum absolute atomic E-state index is 12.1. The molecule has 1 aromatic carbocycles. The lowest BCUT2D eigenvalue weighted by atomic mass is 10.3. The summed E-state index contributed by atoms with van der Waals surface area (Å²) in [5.41, 5.74) is 1.73. The maximum atomic E-state index is 12.1. The van der Waals surface area contributed by atoms with E-state index in [-0.39, 0.29) is 11.7 Å². The Hall–Kier alpha value is -2.59. The number of hydrogen-bond donors (Lipinski definition) is 1. The zero-order chi connectivity index (χ0) is 17.5. The summed E-state index contributed by atoms with van der Waals surface area (Å²) in [5.74, 6) is 1.34. The van der Waals surface area contributed by atoms with Gasteiger partial charge in [-0.25, -0.2) is 9.97 Å². The van der Waals surface area contributed by atoms with Crippen LogP contribution in [0.3, 0.4) is 0 Å². The molecule has 24 heavy (non-hydrogen) atoms. The highest BCUT2D eigenvalue weighted by Crippen LogP contribution is 2.22. The van der Waals surface area contributed by atoms with Crippen LogP contribution in [0, 0.1) is 25.2 Å². The lowest BCUT2D eigenvalue weighted by Gasteiger charge is -2.08. The number of aromatic nitrogens is 2. The highest BCUT2D eigenvalue weighted by molar-refractivity contribution is 8.00. The van der Waals surface area contributed by atoms with E-state index < -0.39 is 0 Å². The summed E-state index contributed by atoms with van der Waals surface area (Å²) < 4.78 is 5.36. The van der Waals surface area contributed by atoms with Gasteiger partial charge in [0.15, 0.2) is 0 Å². The van der Waals surface area contributed by atoms with Gasteiger partial charge >= 0.3 is 0 Å².